The minimum atomic E-state index is -0.563. The van der Waals surface area contributed by atoms with E-state index in [9.17, 15) is 24.5 Å². The van der Waals surface area contributed by atoms with E-state index in [4.69, 9.17) is 4.74 Å². The zero-order chi connectivity index (χ0) is 23.4. The number of non-ortho nitro benzene ring substituents is 1. The molecule has 2 aromatic carbocycles. The molecule has 0 aliphatic carbocycles. The minimum absolute atomic E-state index is 0.127. The van der Waals surface area contributed by atoms with Gasteiger partial charge < -0.3 is 15.0 Å². The normalized spacial score (nSPS) is 16.1. The number of nitro groups is 1. The molecule has 0 unspecified atom stereocenters. The summed E-state index contributed by atoms with van der Waals surface area (Å²) in [5.74, 6) is -0.510. The van der Waals surface area contributed by atoms with Crippen LogP contribution in [0.4, 0.5) is 17.1 Å². The number of piperazine rings is 1. The molecule has 1 fully saturated rings. The number of hydrogen-bond acceptors (Lipinski definition) is 7. The van der Waals surface area contributed by atoms with Crippen LogP contribution in [0.3, 0.4) is 0 Å². The average molecular weight is 453 g/mol. The molecule has 0 atom stereocenters. The first-order valence-corrected chi connectivity index (χ1v) is 10.5. The van der Waals surface area contributed by atoms with Gasteiger partial charge in [0.2, 0.25) is 11.8 Å². The van der Waals surface area contributed by atoms with E-state index < -0.39 is 10.8 Å². The van der Waals surface area contributed by atoms with Gasteiger partial charge in [-0.1, -0.05) is 18.2 Å². The van der Waals surface area contributed by atoms with Gasteiger partial charge in [-0.25, -0.2) is 0 Å². The molecule has 11 heteroatoms. The van der Waals surface area contributed by atoms with Crippen LogP contribution in [0.15, 0.2) is 48.5 Å². The summed E-state index contributed by atoms with van der Waals surface area (Å²) >= 11 is 0. The Morgan fingerprint density at radius 1 is 1.03 bits per heavy atom. The number of benzene rings is 2. The van der Waals surface area contributed by atoms with E-state index in [1.807, 2.05) is 35.2 Å². The Labute approximate surface area is 189 Å². The van der Waals surface area contributed by atoms with Crippen molar-refractivity contribution in [3.63, 3.8) is 0 Å². The molecule has 2 heterocycles. The second-order valence-electron chi connectivity index (χ2n) is 7.75. The van der Waals surface area contributed by atoms with E-state index in [-0.39, 0.29) is 42.9 Å². The SMILES string of the molecule is O=C(CN1CCN(C(=O)CN2C(=O)COc3ccc([N+](=O)[O-])cc32)CC1)Nc1ccccc1. The topological polar surface area (TPSA) is 125 Å². The van der Waals surface area contributed by atoms with E-state index in [0.717, 1.165) is 5.69 Å². The zero-order valence-electron chi connectivity index (χ0n) is 17.8. The largest absolute Gasteiger partial charge is 0.482 e. The van der Waals surface area contributed by atoms with Crippen molar-refractivity contribution < 1.29 is 24.0 Å². The Kier molecular flexibility index (Phi) is 6.50. The molecule has 172 valence electrons. The van der Waals surface area contributed by atoms with Crippen molar-refractivity contribution >= 4 is 34.8 Å². The van der Waals surface area contributed by atoms with Crippen molar-refractivity contribution in [3.05, 3.63) is 58.6 Å². The number of carbonyl (C=O) groups excluding carboxylic acids is 3. The van der Waals surface area contributed by atoms with Gasteiger partial charge in [-0.15, -0.1) is 0 Å². The lowest BCUT2D eigenvalue weighted by molar-refractivity contribution is -0.384. The first-order valence-electron chi connectivity index (χ1n) is 10.5. The van der Waals surface area contributed by atoms with Crippen LogP contribution in [-0.4, -0.2) is 78.3 Å². The summed E-state index contributed by atoms with van der Waals surface area (Å²) in [4.78, 5) is 52.9. The summed E-state index contributed by atoms with van der Waals surface area (Å²) in [6, 6.07) is 13.1. The Balaban J connectivity index is 1.32. The minimum Gasteiger partial charge on any atom is -0.482 e. The fourth-order valence-electron chi connectivity index (χ4n) is 3.79. The van der Waals surface area contributed by atoms with Crippen LogP contribution in [0.5, 0.6) is 5.75 Å². The summed E-state index contributed by atoms with van der Waals surface area (Å²) in [6.45, 7) is 1.62. The van der Waals surface area contributed by atoms with E-state index >= 15 is 0 Å². The predicted molar refractivity (Wildman–Crippen MR) is 119 cm³/mol. The van der Waals surface area contributed by atoms with Crippen molar-refractivity contribution in [2.24, 2.45) is 0 Å². The van der Waals surface area contributed by atoms with Gasteiger partial charge in [0.25, 0.3) is 11.6 Å². The van der Waals surface area contributed by atoms with E-state index in [1.54, 1.807) is 4.90 Å². The maximum absolute atomic E-state index is 12.9. The molecule has 1 saturated heterocycles. The molecule has 4 rings (SSSR count). The number of ether oxygens (including phenoxy) is 1. The monoisotopic (exact) mass is 453 g/mol. The fraction of sp³-hybridized carbons (Fsp3) is 0.318. The molecule has 0 radical (unpaired) electrons. The number of anilines is 2. The van der Waals surface area contributed by atoms with E-state index in [2.05, 4.69) is 5.32 Å². The highest BCUT2D eigenvalue weighted by molar-refractivity contribution is 6.02. The van der Waals surface area contributed by atoms with Crippen molar-refractivity contribution in [1.29, 1.82) is 0 Å². The molecule has 2 aromatic rings. The number of para-hydroxylation sites is 1. The molecule has 2 aliphatic heterocycles. The average Bonchev–Trinajstić information content (AvgIpc) is 2.81. The molecule has 0 saturated carbocycles. The second-order valence-corrected chi connectivity index (χ2v) is 7.75. The lowest BCUT2D eigenvalue weighted by Crippen LogP contribution is -2.53. The summed E-state index contributed by atoms with van der Waals surface area (Å²) in [6.07, 6.45) is 0. The first-order chi connectivity index (χ1) is 15.9. The second kappa shape index (κ2) is 9.65. The van der Waals surface area contributed by atoms with Gasteiger partial charge >= 0.3 is 0 Å². The highest BCUT2D eigenvalue weighted by atomic mass is 16.6. The summed E-state index contributed by atoms with van der Waals surface area (Å²) in [5, 5.41) is 13.9. The zero-order valence-corrected chi connectivity index (χ0v) is 17.8. The number of rotatable bonds is 6. The summed E-state index contributed by atoms with van der Waals surface area (Å²) < 4.78 is 5.34. The van der Waals surface area contributed by atoms with Crippen molar-refractivity contribution in [1.82, 2.24) is 9.80 Å². The van der Waals surface area contributed by atoms with Gasteiger partial charge in [-0.05, 0) is 18.2 Å². The van der Waals surface area contributed by atoms with Crippen LogP contribution in [0, 0.1) is 10.1 Å². The molecule has 2 aliphatic rings. The lowest BCUT2D eigenvalue weighted by atomic mass is 10.2. The number of fused-ring (bicyclic) bond motifs is 1. The molecular weight excluding hydrogens is 430 g/mol. The Hall–Kier alpha value is -3.99. The van der Waals surface area contributed by atoms with Crippen LogP contribution in [0.1, 0.15) is 0 Å². The van der Waals surface area contributed by atoms with Crippen LogP contribution in [0.2, 0.25) is 0 Å². The van der Waals surface area contributed by atoms with Gasteiger partial charge in [0, 0.05) is 44.0 Å². The van der Waals surface area contributed by atoms with Crippen LogP contribution in [0.25, 0.3) is 0 Å². The molecule has 3 amide bonds. The molecule has 33 heavy (non-hydrogen) atoms. The maximum atomic E-state index is 12.9. The third-order valence-electron chi connectivity index (χ3n) is 5.54. The Morgan fingerprint density at radius 3 is 2.45 bits per heavy atom. The molecule has 0 aromatic heterocycles. The van der Waals surface area contributed by atoms with Gasteiger partial charge in [-0.3, -0.25) is 34.3 Å². The van der Waals surface area contributed by atoms with Crippen LogP contribution >= 0.6 is 0 Å². The van der Waals surface area contributed by atoms with Gasteiger partial charge in [0.05, 0.1) is 17.2 Å². The first kappa shape index (κ1) is 22.2. The fourth-order valence-corrected chi connectivity index (χ4v) is 3.79. The quantitative estimate of drug-likeness (QED) is 0.513. The molecule has 11 nitrogen and oxygen atoms in total. The third-order valence-corrected chi connectivity index (χ3v) is 5.54. The smallest absolute Gasteiger partial charge is 0.271 e. The lowest BCUT2D eigenvalue weighted by Gasteiger charge is -2.36. The van der Waals surface area contributed by atoms with Crippen LogP contribution in [-0.2, 0) is 14.4 Å². The number of nitrogens with one attached hydrogen (secondary N) is 1. The number of nitrogens with zero attached hydrogens (tertiary/aromatic N) is 4. The highest BCUT2D eigenvalue weighted by Crippen LogP contribution is 2.35. The molecule has 0 spiro atoms. The summed E-state index contributed by atoms with van der Waals surface area (Å²) in [5.41, 5.74) is 0.754. The van der Waals surface area contributed by atoms with Gasteiger partial charge in [0.1, 0.15) is 12.3 Å². The summed E-state index contributed by atoms with van der Waals surface area (Å²) in [7, 11) is 0. The maximum Gasteiger partial charge on any atom is 0.271 e. The number of nitro benzene ring substituents is 1. The number of hydrogen-bond donors (Lipinski definition) is 1. The van der Waals surface area contributed by atoms with E-state index in [1.165, 1.54) is 23.1 Å². The van der Waals surface area contributed by atoms with Crippen molar-refractivity contribution in [3.8, 4) is 5.75 Å². The van der Waals surface area contributed by atoms with Gasteiger partial charge in [0.15, 0.2) is 6.61 Å². The highest BCUT2D eigenvalue weighted by Gasteiger charge is 2.31. The number of carbonyl (C=O) groups is 3. The molecule has 1 N–H and O–H groups in total. The van der Waals surface area contributed by atoms with Crippen molar-refractivity contribution in [2.75, 3.05) is 56.1 Å². The molecule has 0 bridgehead atoms. The predicted octanol–water partition coefficient (Wildman–Crippen LogP) is 1.10. The van der Waals surface area contributed by atoms with Crippen LogP contribution < -0.4 is 15.0 Å². The van der Waals surface area contributed by atoms with Crippen molar-refractivity contribution in [2.45, 2.75) is 0 Å². The van der Waals surface area contributed by atoms with Gasteiger partial charge in [-0.2, -0.15) is 0 Å². The Bertz CT molecular complexity index is 1070. The van der Waals surface area contributed by atoms with E-state index in [0.29, 0.717) is 31.9 Å². The Morgan fingerprint density at radius 2 is 1.76 bits per heavy atom. The standard InChI is InChI=1S/C22H23N5O6/c28-20(23-16-4-2-1-3-5-16)13-24-8-10-25(11-9-24)21(29)14-26-18-12-17(27(31)32)6-7-19(18)33-15-22(26)30/h1-7,12H,8-11,13-15H2,(H,23,28). The number of amides is 3. The third kappa shape index (κ3) is 5.26. The molecular formula is C22H23N5O6.